The summed E-state index contributed by atoms with van der Waals surface area (Å²) in [5.41, 5.74) is 0. The summed E-state index contributed by atoms with van der Waals surface area (Å²) >= 11 is 0. The van der Waals surface area contributed by atoms with Crippen LogP contribution in [0.15, 0.2) is 0 Å². The summed E-state index contributed by atoms with van der Waals surface area (Å²) in [4.78, 5) is 20.5. The van der Waals surface area contributed by atoms with Crippen molar-refractivity contribution in [2.45, 2.75) is 46.0 Å². The Kier molecular flexibility index (Phi) is 14.1. The molecule has 0 spiro atoms. The first kappa shape index (κ1) is 16.4. The van der Waals surface area contributed by atoms with Gasteiger partial charge in [-0.1, -0.05) is 20.3 Å². The molecule has 0 heterocycles. The lowest BCUT2D eigenvalue weighted by Crippen LogP contribution is -1.98. The minimum Gasteiger partial charge on any atom is -0.469 e. The second kappa shape index (κ2) is 12.9. The summed E-state index contributed by atoms with van der Waals surface area (Å²) in [7, 11) is 2.82. The molecule has 90 valence electrons. The van der Waals surface area contributed by atoms with Gasteiger partial charge in [-0.25, -0.2) is 0 Å². The topological polar surface area (TPSA) is 52.6 Å². The lowest BCUT2D eigenvalue weighted by atomic mass is 10.3. The third-order valence-electron chi connectivity index (χ3n) is 1.64. The van der Waals surface area contributed by atoms with Gasteiger partial charge in [0, 0.05) is 12.8 Å². The van der Waals surface area contributed by atoms with Crippen LogP contribution >= 0.6 is 0 Å². The number of rotatable bonds is 5. The average Bonchev–Trinajstić information content (AvgIpc) is 2.26. The van der Waals surface area contributed by atoms with Gasteiger partial charge < -0.3 is 9.47 Å². The van der Waals surface area contributed by atoms with Crippen LogP contribution in [0.4, 0.5) is 0 Å². The van der Waals surface area contributed by atoms with Crippen molar-refractivity contribution in [1.82, 2.24) is 0 Å². The van der Waals surface area contributed by atoms with Crippen molar-refractivity contribution in [1.29, 1.82) is 0 Å². The Bertz CT molecular complexity index is 166. The molecule has 0 N–H and O–H groups in total. The Morgan fingerprint density at radius 3 is 1.60 bits per heavy atom. The second-order valence-corrected chi connectivity index (χ2v) is 3.01. The molecule has 0 saturated carbocycles. The van der Waals surface area contributed by atoms with E-state index in [1.165, 1.54) is 14.2 Å². The summed E-state index contributed by atoms with van der Waals surface area (Å²) in [6, 6.07) is 0. The van der Waals surface area contributed by atoms with Crippen LogP contribution in [0.3, 0.4) is 0 Å². The maximum absolute atomic E-state index is 10.3. The predicted molar refractivity (Wildman–Crippen MR) is 58.5 cm³/mol. The first-order valence-electron chi connectivity index (χ1n) is 5.25. The SMILES string of the molecule is CCCC(=O)OC.CCCCC(=O)OC. The van der Waals surface area contributed by atoms with E-state index in [9.17, 15) is 9.59 Å². The van der Waals surface area contributed by atoms with Gasteiger partial charge in [-0.3, -0.25) is 9.59 Å². The number of methoxy groups -OCH3 is 2. The molecule has 0 unspecified atom stereocenters. The maximum Gasteiger partial charge on any atom is 0.305 e. The number of carbonyl (C=O) groups excluding carboxylic acids is 2. The summed E-state index contributed by atoms with van der Waals surface area (Å²) in [5, 5.41) is 0. The Balaban J connectivity index is 0. The number of esters is 2. The zero-order chi connectivity index (χ0) is 12.1. The molecule has 0 saturated heterocycles. The lowest BCUT2D eigenvalue weighted by Gasteiger charge is -1.93. The monoisotopic (exact) mass is 218 g/mol. The lowest BCUT2D eigenvalue weighted by molar-refractivity contribution is -0.141. The molecule has 0 amide bonds. The van der Waals surface area contributed by atoms with Crippen LogP contribution in [-0.4, -0.2) is 26.2 Å². The highest BCUT2D eigenvalue weighted by atomic mass is 16.5. The fourth-order valence-corrected chi connectivity index (χ4v) is 0.729. The predicted octanol–water partition coefficient (Wildman–Crippen LogP) is 2.31. The van der Waals surface area contributed by atoms with E-state index in [1.807, 2.05) is 13.8 Å². The fourth-order valence-electron chi connectivity index (χ4n) is 0.729. The van der Waals surface area contributed by atoms with Crippen molar-refractivity contribution >= 4 is 11.9 Å². The molecule has 0 aliphatic rings. The Labute approximate surface area is 91.9 Å². The molecule has 0 atom stereocenters. The van der Waals surface area contributed by atoms with Crippen molar-refractivity contribution < 1.29 is 19.1 Å². The van der Waals surface area contributed by atoms with Gasteiger partial charge in [0.15, 0.2) is 0 Å². The molecule has 0 aromatic heterocycles. The van der Waals surface area contributed by atoms with Crippen LogP contribution in [0.25, 0.3) is 0 Å². The van der Waals surface area contributed by atoms with E-state index in [4.69, 9.17) is 0 Å². The number of hydrogen-bond donors (Lipinski definition) is 0. The Morgan fingerprint density at radius 1 is 0.867 bits per heavy atom. The van der Waals surface area contributed by atoms with Crippen molar-refractivity contribution in [3.63, 3.8) is 0 Å². The largest absolute Gasteiger partial charge is 0.469 e. The molecule has 0 bridgehead atoms. The third-order valence-corrected chi connectivity index (χ3v) is 1.64. The fraction of sp³-hybridized carbons (Fsp3) is 0.818. The molecule has 0 rings (SSSR count). The van der Waals surface area contributed by atoms with E-state index < -0.39 is 0 Å². The van der Waals surface area contributed by atoms with Crippen LogP contribution in [0.5, 0.6) is 0 Å². The minimum atomic E-state index is -0.123. The third kappa shape index (κ3) is 15.7. The normalized spacial score (nSPS) is 8.53. The number of carbonyl (C=O) groups is 2. The van der Waals surface area contributed by atoms with E-state index in [1.54, 1.807) is 0 Å². The maximum atomic E-state index is 10.3. The summed E-state index contributed by atoms with van der Waals surface area (Å²) in [6.07, 6.45) is 3.96. The smallest absolute Gasteiger partial charge is 0.305 e. The number of ether oxygens (including phenoxy) is 2. The first-order chi connectivity index (χ1) is 7.12. The van der Waals surface area contributed by atoms with Crippen LogP contribution in [0.2, 0.25) is 0 Å². The van der Waals surface area contributed by atoms with E-state index in [-0.39, 0.29) is 11.9 Å². The minimum absolute atomic E-state index is 0.105. The molecular formula is C11H22O4. The molecule has 0 radical (unpaired) electrons. The second-order valence-electron chi connectivity index (χ2n) is 3.01. The molecule has 0 fully saturated rings. The quantitative estimate of drug-likeness (QED) is 0.664. The van der Waals surface area contributed by atoms with Gasteiger partial charge in [0.2, 0.25) is 0 Å². The van der Waals surface area contributed by atoms with E-state index in [0.717, 1.165) is 19.3 Å². The van der Waals surface area contributed by atoms with Crippen LogP contribution < -0.4 is 0 Å². The highest BCUT2D eigenvalue weighted by molar-refractivity contribution is 5.69. The number of unbranched alkanes of at least 4 members (excludes halogenated alkanes) is 1. The van der Waals surface area contributed by atoms with Gasteiger partial charge in [0.25, 0.3) is 0 Å². The Hall–Kier alpha value is -1.06. The molecule has 0 aliphatic carbocycles. The van der Waals surface area contributed by atoms with Crippen LogP contribution in [-0.2, 0) is 19.1 Å². The highest BCUT2D eigenvalue weighted by Gasteiger charge is 1.95. The zero-order valence-electron chi connectivity index (χ0n) is 10.2. The van der Waals surface area contributed by atoms with E-state index in [2.05, 4.69) is 9.47 Å². The van der Waals surface area contributed by atoms with E-state index in [0.29, 0.717) is 12.8 Å². The molecule has 15 heavy (non-hydrogen) atoms. The van der Waals surface area contributed by atoms with Crippen molar-refractivity contribution in [3.05, 3.63) is 0 Å². The van der Waals surface area contributed by atoms with Crippen molar-refractivity contribution in [2.24, 2.45) is 0 Å². The number of hydrogen-bond acceptors (Lipinski definition) is 4. The van der Waals surface area contributed by atoms with Crippen LogP contribution in [0.1, 0.15) is 46.0 Å². The van der Waals surface area contributed by atoms with Crippen molar-refractivity contribution in [3.8, 4) is 0 Å². The van der Waals surface area contributed by atoms with Gasteiger partial charge in [-0.2, -0.15) is 0 Å². The van der Waals surface area contributed by atoms with Gasteiger partial charge in [-0.05, 0) is 12.8 Å². The molecule has 4 nitrogen and oxygen atoms in total. The van der Waals surface area contributed by atoms with Gasteiger partial charge in [0.1, 0.15) is 0 Å². The van der Waals surface area contributed by atoms with Crippen LogP contribution in [0, 0.1) is 0 Å². The highest BCUT2D eigenvalue weighted by Crippen LogP contribution is 1.94. The molecule has 0 aromatic rings. The Morgan fingerprint density at radius 2 is 1.33 bits per heavy atom. The van der Waals surface area contributed by atoms with Gasteiger partial charge in [0.05, 0.1) is 14.2 Å². The zero-order valence-corrected chi connectivity index (χ0v) is 10.2. The van der Waals surface area contributed by atoms with Gasteiger partial charge in [-0.15, -0.1) is 0 Å². The van der Waals surface area contributed by atoms with E-state index >= 15 is 0 Å². The summed E-state index contributed by atoms with van der Waals surface area (Å²) in [6.45, 7) is 3.99. The summed E-state index contributed by atoms with van der Waals surface area (Å²) < 4.78 is 8.76. The molecule has 4 heteroatoms. The van der Waals surface area contributed by atoms with Gasteiger partial charge >= 0.3 is 11.9 Å². The molecule has 0 aromatic carbocycles. The first-order valence-corrected chi connectivity index (χ1v) is 5.25. The van der Waals surface area contributed by atoms with Crippen molar-refractivity contribution in [2.75, 3.05) is 14.2 Å². The summed E-state index contributed by atoms with van der Waals surface area (Å²) in [5.74, 6) is -0.227. The standard InChI is InChI=1S/C6H12O2.C5H10O2/c1-3-4-5-6(7)8-2;1-3-4-5(6)7-2/h3-5H2,1-2H3;3-4H2,1-2H3. The molecular weight excluding hydrogens is 196 g/mol. The molecule has 0 aliphatic heterocycles. The average molecular weight is 218 g/mol.